The summed E-state index contributed by atoms with van der Waals surface area (Å²) >= 11 is 3.45. The van der Waals surface area contributed by atoms with Crippen molar-refractivity contribution in [1.29, 1.82) is 0 Å². The highest BCUT2D eigenvalue weighted by Crippen LogP contribution is 2.13. The summed E-state index contributed by atoms with van der Waals surface area (Å²) in [6, 6.07) is 13.6. The zero-order chi connectivity index (χ0) is 19.7. The monoisotopic (exact) mass is 437 g/mol. The molecule has 0 fully saturated rings. The number of nitrogens with one attached hydrogen (secondary N) is 1. The highest BCUT2D eigenvalue weighted by Gasteiger charge is 2.09. The van der Waals surface area contributed by atoms with Gasteiger partial charge in [0.1, 0.15) is 5.65 Å². The third-order valence-corrected chi connectivity index (χ3v) is 4.99. The summed E-state index contributed by atoms with van der Waals surface area (Å²) < 4.78 is 4.86. The van der Waals surface area contributed by atoms with E-state index >= 15 is 0 Å². The van der Waals surface area contributed by atoms with Gasteiger partial charge in [0, 0.05) is 28.1 Å². The van der Waals surface area contributed by atoms with E-state index in [-0.39, 0.29) is 5.91 Å². The van der Waals surface area contributed by atoms with Crippen molar-refractivity contribution in [3.63, 3.8) is 0 Å². The van der Waals surface area contributed by atoms with Crippen LogP contribution < -0.4 is 5.32 Å². The molecule has 4 aromatic rings. The van der Waals surface area contributed by atoms with Gasteiger partial charge in [-0.15, -0.1) is 0 Å². The smallest absolute Gasteiger partial charge is 0.251 e. The number of hydrogen-bond donors (Lipinski definition) is 1. The lowest BCUT2D eigenvalue weighted by molar-refractivity contribution is 0.0950. The van der Waals surface area contributed by atoms with Crippen LogP contribution in [0.4, 0.5) is 0 Å². The number of rotatable bonds is 5. The van der Waals surface area contributed by atoms with Gasteiger partial charge in [-0.1, -0.05) is 12.1 Å². The SMILES string of the molecule is Cc1cc(C)n(Cc2cccc(C(=O)NCc3cn4cc(Br)ccc4n3)c2)n1. The molecular weight excluding hydrogens is 418 g/mol. The number of fused-ring (bicyclic) bond motifs is 1. The standard InChI is InChI=1S/C21H20BrN5O/c1-14-8-15(2)27(25-14)11-16-4-3-5-17(9-16)21(28)23-10-19-13-26-12-18(22)6-7-20(26)24-19/h3-9,12-13H,10-11H2,1-2H3,(H,23,28). The van der Waals surface area contributed by atoms with E-state index in [0.717, 1.165) is 32.8 Å². The summed E-state index contributed by atoms with van der Waals surface area (Å²) in [5, 5.41) is 7.43. The molecule has 0 radical (unpaired) electrons. The molecule has 0 aliphatic carbocycles. The number of amides is 1. The first kappa shape index (κ1) is 18.4. The van der Waals surface area contributed by atoms with Crippen molar-refractivity contribution in [2.24, 2.45) is 0 Å². The Kier molecular flexibility index (Phi) is 5.00. The first-order valence-electron chi connectivity index (χ1n) is 8.99. The summed E-state index contributed by atoms with van der Waals surface area (Å²) in [6.07, 6.45) is 3.86. The van der Waals surface area contributed by atoms with E-state index in [1.807, 2.05) is 77.8 Å². The summed E-state index contributed by atoms with van der Waals surface area (Å²) in [6.45, 7) is 5.03. The fourth-order valence-electron chi connectivity index (χ4n) is 3.19. The van der Waals surface area contributed by atoms with Crippen molar-refractivity contribution in [2.45, 2.75) is 26.9 Å². The molecule has 0 unspecified atom stereocenters. The molecule has 1 N–H and O–H groups in total. The van der Waals surface area contributed by atoms with Crippen molar-refractivity contribution in [3.05, 3.63) is 87.5 Å². The minimum atomic E-state index is -0.117. The van der Waals surface area contributed by atoms with Crippen LogP contribution in [0.2, 0.25) is 0 Å². The van der Waals surface area contributed by atoms with Crippen molar-refractivity contribution in [1.82, 2.24) is 24.5 Å². The van der Waals surface area contributed by atoms with Crippen molar-refractivity contribution < 1.29 is 4.79 Å². The van der Waals surface area contributed by atoms with E-state index in [0.29, 0.717) is 18.7 Å². The Morgan fingerprint density at radius 1 is 1.14 bits per heavy atom. The second-order valence-corrected chi connectivity index (χ2v) is 7.73. The average Bonchev–Trinajstić information content (AvgIpc) is 3.21. The Balaban J connectivity index is 1.44. The van der Waals surface area contributed by atoms with Crippen LogP contribution in [0.25, 0.3) is 5.65 Å². The number of imidazole rings is 1. The van der Waals surface area contributed by atoms with Crippen molar-refractivity contribution in [2.75, 3.05) is 0 Å². The van der Waals surface area contributed by atoms with Crippen LogP contribution >= 0.6 is 15.9 Å². The second-order valence-electron chi connectivity index (χ2n) is 6.81. The molecule has 3 heterocycles. The molecule has 142 valence electrons. The van der Waals surface area contributed by atoms with Gasteiger partial charge in [-0.2, -0.15) is 5.10 Å². The fraction of sp³-hybridized carbons (Fsp3) is 0.190. The molecule has 0 bridgehead atoms. The molecule has 6 nitrogen and oxygen atoms in total. The first-order valence-corrected chi connectivity index (χ1v) is 9.78. The molecule has 0 saturated carbocycles. The zero-order valence-corrected chi connectivity index (χ0v) is 17.3. The van der Waals surface area contributed by atoms with Gasteiger partial charge in [0.05, 0.1) is 24.5 Å². The average molecular weight is 438 g/mol. The number of nitrogens with zero attached hydrogens (tertiary/aromatic N) is 4. The van der Waals surface area contributed by atoms with Crippen LogP contribution in [-0.2, 0) is 13.1 Å². The molecular formula is C21H20BrN5O. The van der Waals surface area contributed by atoms with Gasteiger partial charge in [0.25, 0.3) is 5.91 Å². The summed E-state index contributed by atoms with van der Waals surface area (Å²) in [7, 11) is 0. The predicted octanol–water partition coefficient (Wildman–Crippen LogP) is 3.89. The van der Waals surface area contributed by atoms with Gasteiger partial charge in [0.2, 0.25) is 0 Å². The minimum absolute atomic E-state index is 0.117. The van der Waals surface area contributed by atoms with Gasteiger partial charge in [0.15, 0.2) is 0 Å². The van der Waals surface area contributed by atoms with E-state index in [1.54, 1.807) is 0 Å². The Hall–Kier alpha value is -2.93. The molecule has 28 heavy (non-hydrogen) atoms. The largest absolute Gasteiger partial charge is 0.346 e. The van der Waals surface area contributed by atoms with E-state index in [1.165, 1.54) is 0 Å². The first-order chi connectivity index (χ1) is 13.5. The number of aromatic nitrogens is 4. The van der Waals surface area contributed by atoms with Crippen LogP contribution in [-0.4, -0.2) is 25.1 Å². The molecule has 0 aliphatic rings. The Morgan fingerprint density at radius 3 is 2.79 bits per heavy atom. The highest BCUT2D eigenvalue weighted by molar-refractivity contribution is 9.10. The van der Waals surface area contributed by atoms with Gasteiger partial charge in [-0.25, -0.2) is 4.98 Å². The Morgan fingerprint density at radius 2 is 2.00 bits per heavy atom. The lowest BCUT2D eigenvalue weighted by Crippen LogP contribution is -2.23. The maximum absolute atomic E-state index is 12.6. The summed E-state index contributed by atoms with van der Waals surface area (Å²) in [5.41, 5.74) is 5.42. The number of halogens is 1. The summed E-state index contributed by atoms with van der Waals surface area (Å²) in [5.74, 6) is -0.117. The van der Waals surface area contributed by atoms with Gasteiger partial charge >= 0.3 is 0 Å². The Bertz CT molecular complexity index is 1160. The molecule has 0 saturated heterocycles. The van der Waals surface area contributed by atoms with Crippen LogP contribution in [0.1, 0.15) is 33.0 Å². The Labute approximate surface area is 171 Å². The van der Waals surface area contributed by atoms with E-state index in [2.05, 4.69) is 31.3 Å². The number of aryl methyl sites for hydroxylation is 2. The van der Waals surface area contributed by atoms with Gasteiger partial charge in [-0.05, 0) is 65.7 Å². The number of carbonyl (C=O) groups excluding carboxylic acids is 1. The molecule has 1 aromatic carbocycles. The normalized spacial score (nSPS) is 11.1. The lowest BCUT2D eigenvalue weighted by Gasteiger charge is -2.08. The maximum atomic E-state index is 12.6. The van der Waals surface area contributed by atoms with Crippen LogP contribution in [0.3, 0.4) is 0 Å². The number of pyridine rings is 1. The van der Waals surface area contributed by atoms with Crippen LogP contribution in [0.5, 0.6) is 0 Å². The summed E-state index contributed by atoms with van der Waals surface area (Å²) in [4.78, 5) is 17.1. The zero-order valence-electron chi connectivity index (χ0n) is 15.7. The lowest BCUT2D eigenvalue weighted by atomic mass is 10.1. The molecule has 7 heteroatoms. The minimum Gasteiger partial charge on any atom is -0.346 e. The molecule has 3 aromatic heterocycles. The quantitative estimate of drug-likeness (QED) is 0.514. The molecule has 0 spiro atoms. The van der Waals surface area contributed by atoms with Crippen LogP contribution in [0, 0.1) is 13.8 Å². The second kappa shape index (κ2) is 7.59. The van der Waals surface area contributed by atoms with Gasteiger partial charge in [-0.3, -0.25) is 9.48 Å². The third-order valence-electron chi connectivity index (χ3n) is 4.52. The highest BCUT2D eigenvalue weighted by atomic mass is 79.9. The molecule has 1 amide bonds. The van der Waals surface area contributed by atoms with Crippen LogP contribution in [0.15, 0.2) is 59.3 Å². The van der Waals surface area contributed by atoms with Crippen molar-refractivity contribution in [3.8, 4) is 0 Å². The maximum Gasteiger partial charge on any atom is 0.251 e. The van der Waals surface area contributed by atoms with E-state index in [9.17, 15) is 4.79 Å². The number of hydrogen-bond acceptors (Lipinski definition) is 3. The topological polar surface area (TPSA) is 64.2 Å². The third kappa shape index (κ3) is 3.99. The molecule has 0 aliphatic heterocycles. The fourth-order valence-corrected chi connectivity index (χ4v) is 3.55. The number of benzene rings is 1. The molecule has 0 atom stereocenters. The number of carbonyl (C=O) groups is 1. The van der Waals surface area contributed by atoms with Crippen molar-refractivity contribution >= 4 is 27.5 Å². The van der Waals surface area contributed by atoms with E-state index in [4.69, 9.17) is 0 Å². The predicted molar refractivity (Wildman–Crippen MR) is 111 cm³/mol. The van der Waals surface area contributed by atoms with Gasteiger partial charge < -0.3 is 9.72 Å². The molecule has 4 rings (SSSR count). The van der Waals surface area contributed by atoms with E-state index < -0.39 is 0 Å².